The highest BCUT2D eigenvalue weighted by atomic mass is 16.2. The fourth-order valence-electron chi connectivity index (χ4n) is 3.89. The maximum atomic E-state index is 12.8. The molecular weight excluding hydrogens is 378 g/mol. The molecule has 1 aliphatic rings. The van der Waals surface area contributed by atoms with Gasteiger partial charge in [-0.15, -0.1) is 0 Å². The Kier molecular flexibility index (Phi) is 4.66. The standard InChI is InChI=1S/C22H23N7O/c1-17-6-9-29(25-17)21-14-20(23-16-24-21)26-10-12-27(13-11-26)22(30)15-28-8-7-18-4-2-3-5-19(18)28/h2-9,14,16H,10-13,15H2,1H3. The van der Waals surface area contributed by atoms with E-state index in [0.717, 1.165) is 41.3 Å². The molecule has 1 fully saturated rings. The fraction of sp³-hybridized carbons (Fsp3) is 0.273. The summed E-state index contributed by atoms with van der Waals surface area (Å²) < 4.78 is 3.77. The van der Waals surface area contributed by atoms with Crippen molar-refractivity contribution in [3.05, 3.63) is 66.9 Å². The molecule has 0 spiro atoms. The lowest BCUT2D eigenvalue weighted by atomic mass is 10.2. The smallest absolute Gasteiger partial charge is 0.242 e. The van der Waals surface area contributed by atoms with Gasteiger partial charge >= 0.3 is 0 Å². The van der Waals surface area contributed by atoms with Crippen LogP contribution in [0.5, 0.6) is 0 Å². The summed E-state index contributed by atoms with van der Waals surface area (Å²) in [5.74, 6) is 1.74. The van der Waals surface area contributed by atoms with Gasteiger partial charge in [0.25, 0.3) is 0 Å². The Balaban J connectivity index is 1.23. The number of rotatable bonds is 4. The Hall–Kier alpha value is -3.68. The van der Waals surface area contributed by atoms with Gasteiger partial charge in [0.1, 0.15) is 18.7 Å². The first-order valence-electron chi connectivity index (χ1n) is 10.1. The monoisotopic (exact) mass is 401 g/mol. The van der Waals surface area contributed by atoms with Crippen LogP contribution in [-0.2, 0) is 11.3 Å². The first kappa shape index (κ1) is 18.4. The molecule has 0 bridgehead atoms. The summed E-state index contributed by atoms with van der Waals surface area (Å²) in [6.45, 7) is 5.16. The van der Waals surface area contributed by atoms with Crippen LogP contribution in [0.2, 0.25) is 0 Å². The van der Waals surface area contributed by atoms with Crippen LogP contribution in [0.15, 0.2) is 61.2 Å². The zero-order valence-electron chi connectivity index (χ0n) is 16.8. The van der Waals surface area contributed by atoms with Crippen LogP contribution in [0, 0.1) is 6.92 Å². The third kappa shape index (κ3) is 3.52. The van der Waals surface area contributed by atoms with Gasteiger partial charge in [0.15, 0.2) is 5.82 Å². The molecule has 0 radical (unpaired) electrons. The van der Waals surface area contributed by atoms with E-state index in [0.29, 0.717) is 19.6 Å². The third-order valence-corrected chi connectivity index (χ3v) is 5.54. The van der Waals surface area contributed by atoms with Crippen molar-refractivity contribution in [1.29, 1.82) is 0 Å². The topological polar surface area (TPSA) is 72.1 Å². The molecule has 1 aromatic carbocycles. The van der Waals surface area contributed by atoms with Gasteiger partial charge in [-0.05, 0) is 30.5 Å². The number of benzene rings is 1. The van der Waals surface area contributed by atoms with Crippen molar-refractivity contribution in [3.63, 3.8) is 0 Å². The Labute approximate surface area is 174 Å². The molecule has 0 atom stereocenters. The average molecular weight is 401 g/mol. The van der Waals surface area contributed by atoms with Gasteiger partial charge in [-0.2, -0.15) is 5.10 Å². The number of para-hydroxylation sites is 1. The number of aromatic nitrogens is 5. The van der Waals surface area contributed by atoms with Crippen LogP contribution in [0.1, 0.15) is 5.69 Å². The minimum Gasteiger partial charge on any atom is -0.353 e. The molecule has 3 aromatic heterocycles. The van der Waals surface area contributed by atoms with Crippen LogP contribution in [0.4, 0.5) is 5.82 Å². The zero-order valence-corrected chi connectivity index (χ0v) is 16.8. The van der Waals surface area contributed by atoms with Gasteiger partial charge < -0.3 is 14.4 Å². The van der Waals surface area contributed by atoms with Crippen molar-refractivity contribution in [2.45, 2.75) is 13.5 Å². The van der Waals surface area contributed by atoms with Crippen LogP contribution in [0.25, 0.3) is 16.7 Å². The molecule has 1 saturated heterocycles. The van der Waals surface area contributed by atoms with Crippen molar-refractivity contribution in [2.75, 3.05) is 31.1 Å². The number of piperazine rings is 1. The van der Waals surface area contributed by atoms with Gasteiger partial charge in [-0.25, -0.2) is 14.6 Å². The molecular formula is C22H23N7O. The predicted octanol–water partition coefficient (Wildman–Crippen LogP) is 2.27. The molecule has 4 aromatic rings. The zero-order chi connectivity index (χ0) is 20.5. The summed E-state index contributed by atoms with van der Waals surface area (Å²) in [6, 6.07) is 14.1. The van der Waals surface area contributed by atoms with E-state index in [4.69, 9.17) is 0 Å². The SMILES string of the molecule is Cc1ccn(-c2cc(N3CCN(C(=O)Cn4ccc5ccccc54)CC3)ncn2)n1. The van der Waals surface area contributed by atoms with Gasteiger partial charge in [-0.3, -0.25) is 4.79 Å². The summed E-state index contributed by atoms with van der Waals surface area (Å²) >= 11 is 0. The Bertz CT molecular complexity index is 1190. The number of hydrogen-bond acceptors (Lipinski definition) is 5. The molecule has 0 unspecified atom stereocenters. The number of carbonyl (C=O) groups excluding carboxylic acids is 1. The number of fused-ring (bicyclic) bond motifs is 1. The second kappa shape index (κ2) is 7.62. The van der Waals surface area contributed by atoms with Crippen molar-refractivity contribution in [1.82, 2.24) is 29.2 Å². The minimum atomic E-state index is 0.145. The Morgan fingerprint density at radius 3 is 2.57 bits per heavy atom. The van der Waals surface area contributed by atoms with Crippen molar-refractivity contribution in [2.24, 2.45) is 0 Å². The maximum absolute atomic E-state index is 12.8. The van der Waals surface area contributed by atoms with Gasteiger partial charge in [-0.1, -0.05) is 18.2 Å². The van der Waals surface area contributed by atoms with Crippen LogP contribution in [0.3, 0.4) is 0 Å². The van der Waals surface area contributed by atoms with Crippen molar-refractivity contribution < 1.29 is 4.79 Å². The third-order valence-electron chi connectivity index (χ3n) is 5.54. The molecule has 1 aliphatic heterocycles. The molecule has 8 nitrogen and oxygen atoms in total. The Morgan fingerprint density at radius 2 is 1.77 bits per heavy atom. The predicted molar refractivity (Wildman–Crippen MR) is 115 cm³/mol. The molecule has 152 valence electrons. The van der Waals surface area contributed by atoms with Gasteiger partial charge in [0, 0.05) is 50.2 Å². The summed E-state index contributed by atoms with van der Waals surface area (Å²) in [5.41, 5.74) is 2.03. The lowest BCUT2D eigenvalue weighted by Gasteiger charge is -2.35. The Morgan fingerprint density at radius 1 is 0.967 bits per heavy atom. The molecule has 8 heteroatoms. The first-order valence-corrected chi connectivity index (χ1v) is 10.1. The minimum absolute atomic E-state index is 0.145. The molecule has 1 amide bonds. The van der Waals surface area contributed by atoms with E-state index in [1.54, 1.807) is 11.0 Å². The molecule has 5 rings (SSSR count). The van der Waals surface area contributed by atoms with E-state index in [1.807, 2.05) is 65.2 Å². The summed E-state index contributed by atoms with van der Waals surface area (Å²) in [4.78, 5) is 25.7. The molecule has 0 saturated carbocycles. The van der Waals surface area contributed by atoms with E-state index < -0.39 is 0 Å². The van der Waals surface area contributed by atoms with E-state index in [1.165, 1.54) is 0 Å². The van der Waals surface area contributed by atoms with Crippen LogP contribution < -0.4 is 4.90 Å². The molecule has 4 heterocycles. The van der Waals surface area contributed by atoms with Gasteiger partial charge in [0.2, 0.25) is 5.91 Å². The van der Waals surface area contributed by atoms with Crippen molar-refractivity contribution in [3.8, 4) is 5.82 Å². The molecule has 30 heavy (non-hydrogen) atoms. The van der Waals surface area contributed by atoms with Crippen molar-refractivity contribution >= 4 is 22.6 Å². The van der Waals surface area contributed by atoms with Crippen LogP contribution >= 0.6 is 0 Å². The van der Waals surface area contributed by atoms with E-state index in [9.17, 15) is 4.79 Å². The van der Waals surface area contributed by atoms with E-state index >= 15 is 0 Å². The largest absolute Gasteiger partial charge is 0.353 e. The molecule has 0 aliphatic carbocycles. The number of anilines is 1. The van der Waals surface area contributed by atoms with E-state index in [-0.39, 0.29) is 5.91 Å². The normalized spacial score (nSPS) is 14.4. The van der Waals surface area contributed by atoms with Crippen LogP contribution in [-0.4, -0.2) is 61.3 Å². The lowest BCUT2D eigenvalue weighted by Crippen LogP contribution is -2.49. The highest BCUT2D eigenvalue weighted by molar-refractivity contribution is 5.83. The number of aryl methyl sites for hydroxylation is 1. The molecule has 0 N–H and O–H groups in total. The number of amides is 1. The second-order valence-electron chi connectivity index (χ2n) is 7.51. The number of carbonyl (C=O) groups is 1. The highest BCUT2D eigenvalue weighted by Gasteiger charge is 2.22. The number of hydrogen-bond donors (Lipinski definition) is 0. The summed E-state index contributed by atoms with van der Waals surface area (Å²) in [6.07, 6.45) is 5.44. The first-order chi connectivity index (χ1) is 14.7. The average Bonchev–Trinajstić information content (AvgIpc) is 3.40. The number of nitrogens with zero attached hydrogens (tertiary/aromatic N) is 7. The summed E-state index contributed by atoms with van der Waals surface area (Å²) in [5, 5.41) is 5.57. The highest BCUT2D eigenvalue weighted by Crippen LogP contribution is 2.18. The second-order valence-corrected chi connectivity index (χ2v) is 7.51. The van der Waals surface area contributed by atoms with Gasteiger partial charge in [0.05, 0.1) is 5.69 Å². The maximum Gasteiger partial charge on any atom is 0.242 e. The lowest BCUT2D eigenvalue weighted by molar-refractivity contribution is -0.132. The van der Waals surface area contributed by atoms with E-state index in [2.05, 4.69) is 26.0 Å². The summed E-state index contributed by atoms with van der Waals surface area (Å²) in [7, 11) is 0. The fourth-order valence-corrected chi connectivity index (χ4v) is 3.89. The quantitative estimate of drug-likeness (QED) is 0.525.